The number of hydrogen-bond donors (Lipinski definition) is 2. The van der Waals surface area contributed by atoms with Crippen LogP contribution in [0.1, 0.15) is 35.6 Å². The van der Waals surface area contributed by atoms with Crippen molar-refractivity contribution < 1.29 is 14.6 Å². The van der Waals surface area contributed by atoms with Gasteiger partial charge in [0.25, 0.3) is 0 Å². The minimum absolute atomic E-state index is 0.436. The maximum Gasteiger partial charge on any atom is 0.338 e. The molecule has 3 rings (SSSR count). The molecule has 0 spiro atoms. The van der Waals surface area contributed by atoms with Gasteiger partial charge in [-0.25, -0.2) is 4.79 Å². The highest BCUT2D eigenvalue weighted by Gasteiger charge is 2.43. The number of aliphatic hydroxyl groups is 1. The van der Waals surface area contributed by atoms with Crippen LogP contribution in [0.3, 0.4) is 0 Å². The smallest absolute Gasteiger partial charge is 0.338 e. The van der Waals surface area contributed by atoms with E-state index in [1.165, 1.54) is 0 Å². The van der Waals surface area contributed by atoms with Gasteiger partial charge < -0.3 is 15.6 Å². The van der Waals surface area contributed by atoms with Crippen LogP contribution in [0.25, 0.3) is 0 Å². The monoisotopic (exact) mass is 423 g/mol. The fraction of sp³-hybridized carbons (Fsp3) is 0.240. The van der Waals surface area contributed by atoms with Crippen molar-refractivity contribution >= 4 is 17.6 Å². The first-order chi connectivity index (χ1) is 14.4. The predicted molar refractivity (Wildman–Crippen MR) is 119 cm³/mol. The normalized spacial score (nSPS) is 15.1. The zero-order valence-corrected chi connectivity index (χ0v) is 17.8. The largest absolute Gasteiger partial charge is 0.442 e. The molecule has 0 radical (unpaired) electrons. The number of ether oxygens (including phenoxy) is 1. The lowest BCUT2D eigenvalue weighted by molar-refractivity contribution is -0.164. The molecule has 3 aromatic rings. The second-order valence-electron chi connectivity index (χ2n) is 7.33. The highest BCUT2D eigenvalue weighted by atomic mass is 35.5. The average molecular weight is 424 g/mol. The Bertz CT molecular complexity index is 991. The number of halogens is 1. The molecule has 0 aliphatic heterocycles. The molecule has 0 fully saturated rings. The number of aliphatic hydroxyl groups excluding tert-OH is 1. The van der Waals surface area contributed by atoms with Crippen LogP contribution in [-0.4, -0.2) is 23.2 Å². The highest BCUT2D eigenvalue weighted by Crippen LogP contribution is 2.43. The SMILES string of the molecule is CC[C@H](N)C(O)C(=O)OC(c1ccccc1)(c1ccc(C)cc1)c1ccccc1Cl. The molecule has 0 amide bonds. The van der Waals surface area contributed by atoms with E-state index in [-0.39, 0.29) is 0 Å². The van der Waals surface area contributed by atoms with Crippen molar-refractivity contribution in [3.8, 4) is 0 Å². The van der Waals surface area contributed by atoms with Gasteiger partial charge in [-0.15, -0.1) is 0 Å². The maximum absolute atomic E-state index is 13.1. The Hall–Kier alpha value is -2.66. The number of esters is 1. The van der Waals surface area contributed by atoms with Crippen LogP contribution in [0.4, 0.5) is 0 Å². The van der Waals surface area contributed by atoms with Crippen LogP contribution in [0.2, 0.25) is 5.02 Å². The van der Waals surface area contributed by atoms with E-state index < -0.39 is 23.7 Å². The van der Waals surface area contributed by atoms with Gasteiger partial charge in [0.05, 0.1) is 0 Å². The lowest BCUT2D eigenvalue weighted by Gasteiger charge is -2.37. The first-order valence-electron chi connectivity index (χ1n) is 9.94. The summed E-state index contributed by atoms with van der Waals surface area (Å²) in [5, 5.41) is 10.9. The summed E-state index contributed by atoms with van der Waals surface area (Å²) in [5.41, 5.74) is 7.69. The Kier molecular flexibility index (Phi) is 6.93. The average Bonchev–Trinajstić information content (AvgIpc) is 2.78. The Labute approximate surface area is 182 Å². The van der Waals surface area contributed by atoms with Gasteiger partial charge in [-0.3, -0.25) is 0 Å². The summed E-state index contributed by atoms with van der Waals surface area (Å²) in [5.74, 6) is -0.798. The molecule has 0 aromatic heterocycles. The third-order valence-corrected chi connectivity index (χ3v) is 5.59. The minimum Gasteiger partial charge on any atom is -0.442 e. The van der Waals surface area contributed by atoms with Crippen molar-refractivity contribution in [2.45, 2.75) is 38.0 Å². The molecule has 2 unspecified atom stereocenters. The van der Waals surface area contributed by atoms with Gasteiger partial charge >= 0.3 is 5.97 Å². The van der Waals surface area contributed by atoms with Crippen molar-refractivity contribution in [1.29, 1.82) is 0 Å². The van der Waals surface area contributed by atoms with Crippen LogP contribution < -0.4 is 5.73 Å². The van der Waals surface area contributed by atoms with Crippen molar-refractivity contribution in [2.75, 3.05) is 0 Å². The van der Waals surface area contributed by atoms with Gasteiger partial charge in [-0.2, -0.15) is 0 Å². The molecule has 30 heavy (non-hydrogen) atoms. The Morgan fingerprint density at radius 1 is 1.00 bits per heavy atom. The summed E-state index contributed by atoms with van der Waals surface area (Å²) >= 11 is 6.61. The minimum atomic E-state index is -1.45. The molecule has 4 nitrogen and oxygen atoms in total. The zero-order valence-electron chi connectivity index (χ0n) is 17.1. The summed E-state index contributed by atoms with van der Waals surface area (Å²) in [6.45, 7) is 3.79. The van der Waals surface area contributed by atoms with Gasteiger partial charge in [0.2, 0.25) is 0 Å². The molecule has 0 bridgehead atoms. The summed E-state index contributed by atoms with van der Waals surface area (Å²) < 4.78 is 6.15. The first-order valence-corrected chi connectivity index (χ1v) is 10.3. The van der Waals surface area contributed by atoms with Crippen molar-refractivity contribution in [3.63, 3.8) is 0 Å². The molecule has 3 aromatic carbocycles. The fourth-order valence-electron chi connectivity index (χ4n) is 3.47. The van der Waals surface area contributed by atoms with Crippen molar-refractivity contribution in [3.05, 3.63) is 106 Å². The maximum atomic E-state index is 13.1. The van der Waals surface area contributed by atoms with Gasteiger partial charge in [0.15, 0.2) is 11.7 Å². The van der Waals surface area contributed by atoms with Crippen LogP contribution >= 0.6 is 11.6 Å². The Morgan fingerprint density at radius 3 is 2.17 bits per heavy atom. The molecule has 156 valence electrons. The van der Waals surface area contributed by atoms with E-state index >= 15 is 0 Å². The lowest BCUT2D eigenvalue weighted by Crippen LogP contribution is -2.45. The summed E-state index contributed by atoms with van der Waals surface area (Å²) in [6, 6.07) is 23.6. The van der Waals surface area contributed by atoms with E-state index in [0.29, 0.717) is 22.6 Å². The number of carbonyl (C=O) groups excluding carboxylic acids is 1. The number of aryl methyl sites for hydroxylation is 1. The van der Waals surface area contributed by atoms with E-state index in [0.717, 1.165) is 11.1 Å². The van der Waals surface area contributed by atoms with E-state index in [9.17, 15) is 9.90 Å². The topological polar surface area (TPSA) is 72.5 Å². The Balaban J connectivity index is 2.28. The van der Waals surface area contributed by atoms with Crippen LogP contribution in [0.5, 0.6) is 0 Å². The summed E-state index contributed by atoms with van der Waals surface area (Å²) in [6.07, 6.45) is -1.02. The highest BCUT2D eigenvalue weighted by molar-refractivity contribution is 6.31. The molecule has 0 heterocycles. The molecule has 0 saturated carbocycles. The first kappa shape index (κ1) is 22.0. The van der Waals surface area contributed by atoms with Gasteiger partial charge in [0, 0.05) is 27.8 Å². The second-order valence-corrected chi connectivity index (χ2v) is 7.74. The standard InChI is InChI=1S/C25H26ClNO3/c1-3-22(27)23(28)24(29)30-25(18-9-5-4-6-10-18,19-15-13-17(2)14-16-19)20-11-7-8-12-21(20)26/h4-16,22-23,28H,3,27H2,1-2H3/t22-,23?,25?/m0/s1. The van der Waals surface area contributed by atoms with Crippen LogP contribution in [-0.2, 0) is 15.1 Å². The fourth-order valence-corrected chi connectivity index (χ4v) is 3.74. The molecular formula is C25H26ClNO3. The molecule has 3 atom stereocenters. The molecule has 3 N–H and O–H groups in total. The van der Waals surface area contributed by atoms with E-state index in [2.05, 4.69) is 0 Å². The van der Waals surface area contributed by atoms with Gasteiger partial charge in [0.1, 0.15) is 0 Å². The van der Waals surface area contributed by atoms with Gasteiger partial charge in [-0.1, -0.05) is 96.9 Å². The summed E-state index contributed by atoms with van der Waals surface area (Å²) in [4.78, 5) is 13.1. The zero-order chi connectivity index (χ0) is 21.7. The predicted octanol–water partition coefficient (Wildman–Crippen LogP) is 4.58. The van der Waals surface area contributed by atoms with Crippen molar-refractivity contribution in [1.82, 2.24) is 0 Å². The molecule has 5 heteroatoms. The molecule has 0 aliphatic rings. The molecule has 0 aliphatic carbocycles. The van der Waals surface area contributed by atoms with Crippen molar-refractivity contribution in [2.24, 2.45) is 5.73 Å². The number of rotatable bonds is 7. The second kappa shape index (κ2) is 9.43. The number of nitrogens with two attached hydrogens (primary N) is 1. The lowest BCUT2D eigenvalue weighted by atomic mass is 9.79. The van der Waals surface area contributed by atoms with Crippen LogP contribution in [0.15, 0.2) is 78.9 Å². The van der Waals surface area contributed by atoms with Gasteiger partial charge in [-0.05, 0) is 19.4 Å². The van der Waals surface area contributed by atoms with E-state index in [1.54, 1.807) is 13.0 Å². The Morgan fingerprint density at radius 2 is 1.57 bits per heavy atom. The number of benzene rings is 3. The molecule has 0 saturated heterocycles. The van der Waals surface area contributed by atoms with Crippen LogP contribution in [0, 0.1) is 6.92 Å². The third kappa shape index (κ3) is 4.26. The quantitative estimate of drug-likeness (QED) is 0.431. The molecular weight excluding hydrogens is 398 g/mol. The third-order valence-electron chi connectivity index (χ3n) is 5.26. The van der Waals surface area contributed by atoms with E-state index in [4.69, 9.17) is 22.1 Å². The summed E-state index contributed by atoms with van der Waals surface area (Å²) in [7, 11) is 0. The number of carbonyl (C=O) groups is 1. The van der Waals surface area contributed by atoms with E-state index in [1.807, 2.05) is 79.7 Å². The number of hydrogen-bond acceptors (Lipinski definition) is 4.